The van der Waals surface area contributed by atoms with Crippen molar-refractivity contribution in [1.82, 2.24) is 24.3 Å². The van der Waals surface area contributed by atoms with E-state index in [-0.39, 0.29) is 16.4 Å². The van der Waals surface area contributed by atoms with Crippen molar-refractivity contribution in [3.63, 3.8) is 0 Å². The number of rotatable bonds is 5. The number of aliphatic hydroxyl groups excluding tert-OH is 1. The van der Waals surface area contributed by atoms with Crippen LogP contribution in [0.5, 0.6) is 0 Å². The SMILES string of the molecule is OC(c1ccc(C(F)(F)F)nc1)c1ncn(Cc2ccc(-n3cccn3)cc2)c1Cl. The molecule has 0 saturated heterocycles. The zero-order valence-electron chi connectivity index (χ0n) is 15.3. The summed E-state index contributed by atoms with van der Waals surface area (Å²) >= 11 is 6.36. The summed E-state index contributed by atoms with van der Waals surface area (Å²) in [6.07, 6.45) is 0.131. The molecule has 0 amide bonds. The molecular weight excluding hydrogens is 419 g/mol. The predicted octanol–water partition coefficient (Wildman–Crippen LogP) is 4.27. The quantitative estimate of drug-likeness (QED) is 0.510. The Balaban J connectivity index is 1.51. The van der Waals surface area contributed by atoms with E-state index in [4.69, 9.17) is 11.6 Å². The van der Waals surface area contributed by atoms with E-state index in [2.05, 4.69) is 15.1 Å². The first-order valence-electron chi connectivity index (χ1n) is 8.83. The molecule has 4 aromatic rings. The molecule has 1 unspecified atom stereocenters. The van der Waals surface area contributed by atoms with Crippen LogP contribution < -0.4 is 0 Å². The van der Waals surface area contributed by atoms with Crippen LogP contribution in [0.1, 0.15) is 28.6 Å². The Bertz CT molecular complexity index is 1120. The molecule has 4 rings (SSSR count). The summed E-state index contributed by atoms with van der Waals surface area (Å²) in [4.78, 5) is 7.49. The van der Waals surface area contributed by atoms with Crippen molar-refractivity contribution in [2.24, 2.45) is 0 Å². The lowest BCUT2D eigenvalue weighted by Gasteiger charge is -2.11. The van der Waals surface area contributed by atoms with Gasteiger partial charge in [-0.05, 0) is 29.8 Å². The van der Waals surface area contributed by atoms with E-state index in [0.717, 1.165) is 29.6 Å². The lowest BCUT2D eigenvalue weighted by Crippen LogP contribution is -2.09. The highest BCUT2D eigenvalue weighted by Gasteiger charge is 2.32. The maximum Gasteiger partial charge on any atom is 0.433 e. The van der Waals surface area contributed by atoms with Crippen LogP contribution in [0.3, 0.4) is 0 Å². The first-order valence-corrected chi connectivity index (χ1v) is 9.21. The summed E-state index contributed by atoms with van der Waals surface area (Å²) in [6.45, 7) is 0.406. The Morgan fingerprint density at radius 2 is 1.83 bits per heavy atom. The number of hydrogen-bond donors (Lipinski definition) is 1. The number of imidazole rings is 1. The predicted molar refractivity (Wildman–Crippen MR) is 103 cm³/mol. The van der Waals surface area contributed by atoms with Crippen LogP contribution in [0.2, 0.25) is 5.15 Å². The second-order valence-electron chi connectivity index (χ2n) is 6.54. The van der Waals surface area contributed by atoms with Gasteiger partial charge in [-0.1, -0.05) is 29.8 Å². The van der Waals surface area contributed by atoms with Crippen molar-refractivity contribution in [2.75, 3.05) is 0 Å². The van der Waals surface area contributed by atoms with Gasteiger partial charge in [0.1, 0.15) is 22.6 Å². The van der Waals surface area contributed by atoms with Gasteiger partial charge < -0.3 is 9.67 Å². The van der Waals surface area contributed by atoms with Crippen molar-refractivity contribution in [3.05, 3.63) is 95.1 Å². The third-order valence-electron chi connectivity index (χ3n) is 4.51. The lowest BCUT2D eigenvalue weighted by atomic mass is 10.1. The molecule has 0 radical (unpaired) electrons. The summed E-state index contributed by atoms with van der Waals surface area (Å²) in [7, 11) is 0. The van der Waals surface area contributed by atoms with Crippen LogP contribution in [0.25, 0.3) is 5.69 Å². The van der Waals surface area contributed by atoms with Crippen LogP contribution >= 0.6 is 11.6 Å². The zero-order chi connectivity index (χ0) is 21.3. The number of halogens is 4. The average Bonchev–Trinajstić information content (AvgIpc) is 3.39. The standard InChI is InChI=1S/C20H15ClF3N5O/c21-19-17(18(30)14-4-7-16(25-10-14)20(22,23)24)26-12-28(19)11-13-2-5-15(6-3-13)29-9-1-8-27-29/h1-10,12,18,30H,11H2. The second kappa shape index (κ2) is 7.92. The summed E-state index contributed by atoms with van der Waals surface area (Å²) in [5.74, 6) is 0. The van der Waals surface area contributed by atoms with Crippen molar-refractivity contribution in [2.45, 2.75) is 18.8 Å². The first-order chi connectivity index (χ1) is 14.3. The molecule has 1 atom stereocenters. The highest BCUT2D eigenvalue weighted by atomic mass is 35.5. The molecule has 0 spiro atoms. The van der Waals surface area contributed by atoms with Gasteiger partial charge in [0, 0.05) is 30.7 Å². The Kier molecular flexibility index (Phi) is 5.31. The highest BCUT2D eigenvalue weighted by Crippen LogP contribution is 2.31. The smallest absolute Gasteiger partial charge is 0.382 e. The van der Waals surface area contributed by atoms with Crippen LogP contribution in [0.4, 0.5) is 13.2 Å². The van der Waals surface area contributed by atoms with E-state index in [9.17, 15) is 18.3 Å². The number of aliphatic hydroxyl groups is 1. The molecule has 30 heavy (non-hydrogen) atoms. The first kappa shape index (κ1) is 20.1. The Labute approximate surface area is 174 Å². The number of pyridine rings is 1. The van der Waals surface area contributed by atoms with Gasteiger partial charge in [-0.2, -0.15) is 18.3 Å². The topological polar surface area (TPSA) is 68.8 Å². The average molecular weight is 434 g/mol. The van der Waals surface area contributed by atoms with Crippen molar-refractivity contribution < 1.29 is 18.3 Å². The van der Waals surface area contributed by atoms with Gasteiger partial charge in [-0.15, -0.1) is 0 Å². The van der Waals surface area contributed by atoms with Gasteiger partial charge in [0.05, 0.1) is 12.0 Å². The number of nitrogens with zero attached hydrogens (tertiary/aromatic N) is 5. The summed E-state index contributed by atoms with van der Waals surface area (Å²) < 4.78 is 41.3. The summed E-state index contributed by atoms with van der Waals surface area (Å²) in [6, 6.07) is 11.5. The maximum absolute atomic E-state index is 12.7. The molecule has 0 fully saturated rings. The van der Waals surface area contributed by atoms with Gasteiger partial charge in [0.15, 0.2) is 0 Å². The highest BCUT2D eigenvalue weighted by molar-refractivity contribution is 6.30. The van der Waals surface area contributed by atoms with Crippen LogP contribution in [-0.4, -0.2) is 29.4 Å². The van der Waals surface area contributed by atoms with E-state index in [1.54, 1.807) is 15.4 Å². The third kappa shape index (κ3) is 4.07. The fourth-order valence-corrected chi connectivity index (χ4v) is 3.20. The Hall–Kier alpha value is -3.17. The van der Waals surface area contributed by atoms with E-state index >= 15 is 0 Å². The summed E-state index contributed by atoms with van der Waals surface area (Å²) in [5.41, 5.74) is 1.13. The Morgan fingerprint density at radius 1 is 1.07 bits per heavy atom. The molecule has 1 N–H and O–H groups in total. The molecule has 3 heterocycles. The minimum Gasteiger partial charge on any atom is -0.382 e. The number of benzene rings is 1. The van der Waals surface area contributed by atoms with Gasteiger partial charge in [-0.3, -0.25) is 4.98 Å². The molecule has 6 nitrogen and oxygen atoms in total. The van der Waals surface area contributed by atoms with Crippen molar-refractivity contribution in [1.29, 1.82) is 0 Å². The molecule has 10 heteroatoms. The van der Waals surface area contributed by atoms with E-state index < -0.39 is 18.0 Å². The monoisotopic (exact) mass is 433 g/mol. The fourth-order valence-electron chi connectivity index (χ4n) is 2.94. The summed E-state index contributed by atoms with van der Waals surface area (Å²) in [5, 5.41) is 14.9. The maximum atomic E-state index is 12.7. The van der Waals surface area contributed by atoms with E-state index in [0.29, 0.717) is 6.54 Å². The fraction of sp³-hybridized carbons (Fsp3) is 0.150. The minimum atomic E-state index is -4.55. The minimum absolute atomic E-state index is 0.145. The third-order valence-corrected chi connectivity index (χ3v) is 4.92. The van der Waals surface area contributed by atoms with E-state index in [1.165, 1.54) is 6.33 Å². The number of alkyl halides is 3. The van der Waals surface area contributed by atoms with E-state index in [1.807, 2.05) is 36.5 Å². The molecule has 0 aliphatic heterocycles. The zero-order valence-corrected chi connectivity index (χ0v) is 16.1. The van der Waals surface area contributed by atoms with Crippen LogP contribution in [0.15, 0.2) is 67.4 Å². The number of aromatic nitrogens is 5. The van der Waals surface area contributed by atoms with Gasteiger partial charge >= 0.3 is 6.18 Å². The number of hydrogen-bond acceptors (Lipinski definition) is 4. The normalized spacial score (nSPS) is 12.8. The molecule has 1 aromatic carbocycles. The molecule has 3 aromatic heterocycles. The molecule has 0 aliphatic carbocycles. The van der Waals surface area contributed by atoms with Crippen molar-refractivity contribution in [3.8, 4) is 5.69 Å². The Morgan fingerprint density at radius 3 is 2.43 bits per heavy atom. The molecule has 154 valence electrons. The van der Waals surface area contributed by atoms with Gasteiger partial charge in [-0.25, -0.2) is 9.67 Å². The second-order valence-corrected chi connectivity index (χ2v) is 6.90. The van der Waals surface area contributed by atoms with Crippen LogP contribution in [0, 0.1) is 0 Å². The molecule has 0 bridgehead atoms. The van der Waals surface area contributed by atoms with Gasteiger partial charge in [0.2, 0.25) is 0 Å². The van der Waals surface area contributed by atoms with Gasteiger partial charge in [0.25, 0.3) is 0 Å². The molecule has 0 aliphatic rings. The largest absolute Gasteiger partial charge is 0.433 e. The molecular formula is C20H15ClF3N5O. The molecule has 0 saturated carbocycles. The van der Waals surface area contributed by atoms with Crippen LogP contribution in [-0.2, 0) is 12.7 Å². The lowest BCUT2D eigenvalue weighted by molar-refractivity contribution is -0.141. The van der Waals surface area contributed by atoms with Crippen molar-refractivity contribution >= 4 is 11.6 Å².